The van der Waals surface area contributed by atoms with E-state index in [9.17, 15) is 9.90 Å². The summed E-state index contributed by atoms with van der Waals surface area (Å²) in [4.78, 5) is 15.5. The summed E-state index contributed by atoms with van der Waals surface area (Å²) in [6.45, 7) is 0.470. The van der Waals surface area contributed by atoms with E-state index in [4.69, 9.17) is 0 Å². The van der Waals surface area contributed by atoms with Gasteiger partial charge >= 0.3 is 0 Å². The summed E-state index contributed by atoms with van der Waals surface area (Å²) in [6, 6.07) is 3.38. The smallest absolute Gasteiger partial charge is 0.255 e. The SMILES string of the molecule is Cn1ccc(CCNC(=O)c2ccncc2O)n1. The number of aromatic hydroxyl groups is 1. The van der Waals surface area contributed by atoms with Gasteiger partial charge in [0.25, 0.3) is 5.91 Å². The fourth-order valence-corrected chi connectivity index (χ4v) is 1.57. The second-order valence-electron chi connectivity index (χ2n) is 3.88. The molecule has 2 aromatic heterocycles. The third-order valence-electron chi connectivity index (χ3n) is 2.48. The molecule has 0 fully saturated rings. The van der Waals surface area contributed by atoms with E-state index in [0.717, 1.165) is 5.69 Å². The van der Waals surface area contributed by atoms with Crippen LogP contribution in [0.5, 0.6) is 5.75 Å². The molecule has 0 radical (unpaired) electrons. The van der Waals surface area contributed by atoms with Gasteiger partial charge in [-0.15, -0.1) is 0 Å². The fourth-order valence-electron chi connectivity index (χ4n) is 1.57. The number of pyridine rings is 1. The summed E-state index contributed by atoms with van der Waals surface area (Å²) < 4.78 is 1.71. The van der Waals surface area contributed by atoms with Crippen molar-refractivity contribution in [2.45, 2.75) is 6.42 Å². The molecule has 2 aromatic rings. The maximum atomic E-state index is 11.7. The van der Waals surface area contributed by atoms with Gasteiger partial charge in [0.1, 0.15) is 5.75 Å². The van der Waals surface area contributed by atoms with E-state index in [1.54, 1.807) is 4.68 Å². The molecule has 6 nitrogen and oxygen atoms in total. The number of hydrogen-bond acceptors (Lipinski definition) is 4. The van der Waals surface area contributed by atoms with Crippen LogP contribution in [-0.4, -0.2) is 32.3 Å². The highest BCUT2D eigenvalue weighted by atomic mass is 16.3. The van der Waals surface area contributed by atoms with Gasteiger partial charge in [0.05, 0.1) is 17.5 Å². The minimum Gasteiger partial charge on any atom is -0.505 e. The summed E-state index contributed by atoms with van der Waals surface area (Å²) in [5.41, 5.74) is 1.14. The zero-order valence-electron chi connectivity index (χ0n) is 10.00. The normalized spacial score (nSPS) is 10.3. The molecule has 1 amide bonds. The van der Waals surface area contributed by atoms with Crippen LogP contribution in [0.2, 0.25) is 0 Å². The highest BCUT2D eigenvalue weighted by Gasteiger charge is 2.09. The maximum Gasteiger partial charge on any atom is 0.255 e. The van der Waals surface area contributed by atoms with Crippen LogP contribution in [0, 0.1) is 0 Å². The van der Waals surface area contributed by atoms with Gasteiger partial charge in [-0.2, -0.15) is 5.10 Å². The van der Waals surface area contributed by atoms with Crippen LogP contribution in [0.3, 0.4) is 0 Å². The predicted octanol–water partition coefficient (Wildman–Crippen LogP) is 0.493. The van der Waals surface area contributed by atoms with E-state index in [1.807, 2.05) is 19.3 Å². The number of rotatable bonds is 4. The number of amides is 1. The largest absolute Gasteiger partial charge is 0.505 e. The average Bonchev–Trinajstić information content (AvgIpc) is 2.75. The maximum absolute atomic E-state index is 11.7. The Hall–Kier alpha value is -2.37. The lowest BCUT2D eigenvalue weighted by molar-refractivity contribution is 0.0951. The molecule has 0 aromatic carbocycles. The van der Waals surface area contributed by atoms with Crippen molar-refractivity contribution in [1.82, 2.24) is 20.1 Å². The van der Waals surface area contributed by atoms with E-state index >= 15 is 0 Å². The first-order valence-corrected chi connectivity index (χ1v) is 5.56. The topological polar surface area (TPSA) is 80.0 Å². The van der Waals surface area contributed by atoms with Crippen LogP contribution < -0.4 is 5.32 Å². The molecule has 0 atom stereocenters. The summed E-state index contributed by atoms with van der Waals surface area (Å²) in [6.07, 6.45) is 5.21. The summed E-state index contributed by atoms with van der Waals surface area (Å²) >= 11 is 0. The Morgan fingerprint density at radius 2 is 2.33 bits per heavy atom. The average molecular weight is 246 g/mol. The molecule has 94 valence electrons. The second kappa shape index (κ2) is 5.31. The van der Waals surface area contributed by atoms with E-state index in [1.165, 1.54) is 18.5 Å². The second-order valence-corrected chi connectivity index (χ2v) is 3.88. The monoisotopic (exact) mass is 246 g/mol. The molecular weight excluding hydrogens is 232 g/mol. The highest BCUT2D eigenvalue weighted by molar-refractivity contribution is 5.96. The summed E-state index contributed by atoms with van der Waals surface area (Å²) in [7, 11) is 1.84. The molecule has 0 saturated heterocycles. The minimum atomic E-state index is -0.314. The Morgan fingerprint density at radius 1 is 1.50 bits per heavy atom. The van der Waals surface area contributed by atoms with Crippen molar-refractivity contribution in [2.24, 2.45) is 7.05 Å². The van der Waals surface area contributed by atoms with Gasteiger partial charge in [0, 0.05) is 32.4 Å². The summed E-state index contributed by atoms with van der Waals surface area (Å²) in [5.74, 6) is -0.432. The van der Waals surface area contributed by atoms with Crippen LogP contribution in [0.25, 0.3) is 0 Å². The van der Waals surface area contributed by atoms with Gasteiger partial charge in [-0.1, -0.05) is 0 Å². The first kappa shape index (κ1) is 12.1. The van der Waals surface area contributed by atoms with E-state index < -0.39 is 0 Å². The first-order chi connectivity index (χ1) is 8.66. The van der Waals surface area contributed by atoms with Crippen LogP contribution >= 0.6 is 0 Å². The standard InChI is InChI=1S/C12H14N4O2/c1-16-7-4-9(15-16)2-6-14-12(18)10-3-5-13-8-11(10)17/h3-5,7-8,17H,2,6H2,1H3,(H,14,18). The van der Waals surface area contributed by atoms with Crippen molar-refractivity contribution in [3.8, 4) is 5.75 Å². The molecule has 0 saturated carbocycles. The molecule has 0 bridgehead atoms. The van der Waals surface area contributed by atoms with Gasteiger partial charge in [-0.05, 0) is 12.1 Å². The predicted molar refractivity (Wildman–Crippen MR) is 65.1 cm³/mol. The van der Waals surface area contributed by atoms with Crippen molar-refractivity contribution in [3.63, 3.8) is 0 Å². The molecular formula is C12H14N4O2. The lowest BCUT2D eigenvalue weighted by atomic mass is 10.2. The van der Waals surface area contributed by atoms with E-state index in [0.29, 0.717) is 13.0 Å². The molecule has 0 unspecified atom stereocenters. The Balaban J connectivity index is 1.87. The van der Waals surface area contributed by atoms with E-state index in [-0.39, 0.29) is 17.2 Å². The van der Waals surface area contributed by atoms with Gasteiger partial charge in [0.2, 0.25) is 0 Å². The van der Waals surface area contributed by atoms with Crippen molar-refractivity contribution >= 4 is 5.91 Å². The van der Waals surface area contributed by atoms with Crippen LogP contribution in [-0.2, 0) is 13.5 Å². The Kier molecular flexibility index (Phi) is 3.57. The quantitative estimate of drug-likeness (QED) is 0.823. The Bertz CT molecular complexity index is 551. The van der Waals surface area contributed by atoms with Crippen LogP contribution in [0.4, 0.5) is 0 Å². The van der Waals surface area contributed by atoms with Crippen molar-refractivity contribution in [2.75, 3.05) is 6.54 Å². The zero-order chi connectivity index (χ0) is 13.0. The molecule has 0 aliphatic heterocycles. The number of aryl methyl sites for hydroxylation is 1. The number of carbonyl (C=O) groups is 1. The molecule has 0 spiro atoms. The number of carbonyl (C=O) groups excluding carboxylic acids is 1. The number of nitrogens with zero attached hydrogens (tertiary/aromatic N) is 3. The molecule has 18 heavy (non-hydrogen) atoms. The molecule has 2 rings (SSSR count). The third-order valence-corrected chi connectivity index (χ3v) is 2.48. The number of aromatic nitrogens is 3. The Morgan fingerprint density at radius 3 is 3.00 bits per heavy atom. The lowest BCUT2D eigenvalue weighted by Crippen LogP contribution is -2.25. The van der Waals surface area contributed by atoms with Crippen molar-refractivity contribution < 1.29 is 9.90 Å². The van der Waals surface area contributed by atoms with E-state index in [2.05, 4.69) is 15.4 Å². The van der Waals surface area contributed by atoms with Gasteiger partial charge in [-0.3, -0.25) is 14.5 Å². The van der Waals surface area contributed by atoms with Gasteiger partial charge in [0.15, 0.2) is 0 Å². The third kappa shape index (κ3) is 2.85. The summed E-state index contributed by atoms with van der Waals surface area (Å²) in [5, 5.41) is 16.4. The van der Waals surface area contributed by atoms with Crippen molar-refractivity contribution in [3.05, 3.63) is 42.0 Å². The van der Waals surface area contributed by atoms with Crippen LogP contribution in [0.1, 0.15) is 16.1 Å². The molecule has 6 heteroatoms. The lowest BCUT2D eigenvalue weighted by Gasteiger charge is -2.05. The first-order valence-electron chi connectivity index (χ1n) is 5.56. The van der Waals surface area contributed by atoms with Crippen molar-refractivity contribution in [1.29, 1.82) is 0 Å². The number of nitrogens with one attached hydrogen (secondary N) is 1. The van der Waals surface area contributed by atoms with Crippen LogP contribution in [0.15, 0.2) is 30.7 Å². The zero-order valence-corrected chi connectivity index (χ0v) is 10.00. The molecule has 2 heterocycles. The highest BCUT2D eigenvalue weighted by Crippen LogP contribution is 2.13. The van der Waals surface area contributed by atoms with Gasteiger partial charge < -0.3 is 10.4 Å². The minimum absolute atomic E-state index is 0.118. The number of hydrogen-bond donors (Lipinski definition) is 2. The molecule has 2 N–H and O–H groups in total. The fraction of sp³-hybridized carbons (Fsp3) is 0.250. The van der Waals surface area contributed by atoms with Gasteiger partial charge in [-0.25, -0.2) is 0 Å². The molecule has 0 aliphatic rings. The Labute approximate surface area is 104 Å². The molecule has 0 aliphatic carbocycles.